The number of ether oxygens (including phenoxy) is 1. The topological polar surface area (TPSA) is 66.5 Å². The first-order chi connectivity index (χ1) is 11.0. The number of pyridine rings is 1. The molecule has 1 aliphatic rings. The number of carbonyl (C=O) groups is 1. The number of anilines is 1. The van der Waals surface area contributed by atoms with Gasteiger partial charge < -0.3 is 20.3 Å². The van der Waals surface area contributed by atoms with Crippen molar-refractivity contribution in [3.8, 4) is 0 Å². The third-order valence-electron chi connectivity index (χ3n) is 3.98. The van der Waals surface area contributed by atoms with Crippen LogP contribution in [-0.4, -0.2) is 49.8 Å². The summed E-state index contributed by atoms with van der Waals surface area (Å²) < 4.78 is 5.75. The van der Waals surface area contributed by atoms with Gasteiger partial charge in [0.05, 0.1) is 12.2 Å². The lowest BCUT2D eigenvalue weighted by Gasteiger charge is -2.36. The number of hydrogen-bond donors (Lipinski definition) is 2. The quantitative estimate of drug-likeness (QED) is 0.823. The maximum absolute atomic E-state index is 11.9. The van der Waals surface area contributed by atoms with Crippen molar-refractivity contribution in [2.45, 2.75) is 39.5 Å². The van der Waals surface area contributed by atoms with Gasteiger partial charge >= 0.3 is 0 Å². The first-order valence-electron chi connectivity index (χ1n) is 8.27. The molecule has 0 bridgehead atoms. The summed E-state index contributed by atoms with van der Waals surface area (Å²) >= 11 is 0. The third kappa shape index (κ3) is 5.18. The van der Waals surface area contributed by atoms with Gasteiger partial charge in [-0.15, -0.1) is 0 Å². The van der Waals surface area contributed by atoms with E-state index in [1.54, 1.807) is 0 Å². The molecule has 0 radical (unpaired) electrons. The maximum atomic E-state index is 11.9. The van der Waals surface area contributed by atoms with Crippen molar-refractivity contribution in [2.75, 3.05) is 31.6 Å². The smallest absolute Gasteiger partial charge is 0.224 e. The Balaban J connectivity index is 1.88. The van der Waals surface area contributed by atoms with Gasteiger partial charge in [0.15, 0.2) is 0 Å². The highest BCUT2D eigenvalue weighted by Gasteiger charge is 2.23. The summed E-state index contributed by atoms with van der Waals surface area (Å²) in [7, 11) is 1.85. The molecule has 1 aromatic rings. The van der Waals surface area contributed by atoms with Gasteiger partial charge in [-0.2, -0.15) is 0 Å². The number of carbonyl (C=O) groups excluding carboxylic acids is 1. The number of amides is 1. The monoisotopic (exact) mass is 320 g/mol. The van der Waals surface area contributed by atoms with Gasteiger partial charge in [0.25, 0.3) is 0 Å². The van der Waals surface area contributed by atoms with Gasteiger partial charge in [0.2, 0.25) is 5.91 Å². The summed E-state index contributed by atoms with van der Waals surface area (Å²) in [5, 5.41) is 5.95. The average molecular weight is 320 g/mol. The minimum atomic E-state index is -0.0384. The van der Waals surface area contributed by atoms with Crippen molar-refractivity contribution in [1.82, 2.24) is 15.6 Å². The molecule has 2 heterocycles. The Morgan fingerprint density at radius 3 is 2.65 bits per heavy atom. The number of nitrogens with one attached hydrogen (secondary N) is 2. The second-order valence-corrected chi connectivity index (χ2v) is 6.36. The molecule has 128 valence electrons. The van der Waals surface area contributed by atoms with Crippen LogP contribution < -0.4 is 15.5 Å². The molecule has 6 nitrogen and oxygen atoms in total. The summed E-state index contributed by atoms with van der Waals surface area (Å²) in [6.45, 7) is 8.97. The van der Waals surface area contributed by atoms with Crippen LogP contribution in [0.5, 0.6) is 0 Å². The molecule has 0 spiro atoms. The van der Waals surface area contributed by atoms with E-state index in [2.05, 4.69) is 34.4 Å². The number of nitrogens with zero attached hydrogens (tertiary/aromatic N) is 2. The SMILES string of the molecule is CNCC(C)C(=O)NCc1ccc(N2CC(C)OC(C)C2)nc1. The van der Waals surface area contributed by atoms with Gasteiger partial charge in [0.1, 0.15) is 5.82 Å². The fourth-order valence-electron chi connectivity index (χ4n) is 2.84. The zero-order chi connectivity index (χ0) is 16.8. The second-order valence-electron chi connectivity index (χ2n) is 6.36. The van der Waals surface area contributed by atoms with Crippen LogP contribution >= 0.6 is 0 Å². The number of morpholine rings is 1. The number of rotatable bonds is 6. The van der Waals surface area contributed by atoms with Crippen LogP contribution in [0.4, 0.5) is 5.82 Å². The lowest BCUT2D eigenvalue weighted by Crippen LogP contribution is -2.45. The third-order valence-corrected chi connectivity index (χ3v) is 3.98. The number of hydrogen-bond acceptors (Lipinski definition) is 5. The van der Waals surface area contributed by atoms with Crippen LogP contribution in [0.2, 0.25) is 0 Å². The molecule has 3 unspecified atom stereocenters. The highest BCUT2D eigenvalue weighted by molar-refractivity contribution is 5.78. The molecule has 1 amide bonds. The van der Waals surface area contributed by atoms with E-state index >= 15 is 0 Å². The molecule has 2 N–H and O–H groups in total. The Morgan fingerprint density at radius 1 is 1.39 bits per heavy atom. The second kappa shape index (κ2) is 8.26. The van der Waals surface area contributed by atoms with Gasteiger partial charge in [-0.25, -0.2) is 4.98 Å². The lowest BCUT2D eigenvalue weighted by atomic mass is 10.1. The van der Waals surface area contributed by atoms with Crippen LogP contribution in [0.15, 0.2) is 18.3 Å². The molecule has 1 fully saturated rings. The Morgan fingerprint density at radius 2 is 2.09 bits per heavy atom. The average Bonchev–Trinajstić information content (AvgIpc) is 2.52. The Kier molecular flexibility index (Phi) is 6.36. The minimum absolute atomic E-state index is 0.0384. The van der Waals surface area contributed by atoms with E-state index in [0.717, 1.165) is 24.5 Å². The Labute approximate surface area is 138 Å². The van der Waals surface area contributed by atoms with Gasteiger partial charge in [-0.3, -0.25) is 4.79 Å². The molecule has 3 atom stereocenters. The lowest BCUT2D eigenvalue weighted by molar-refractivity contribution is -0.124. The molecular weight excluding hydrogens is 292 g/mol. The zero-order valence-electron chi connectivity index (χ0n) is 14.5. The van der Waals surface area contributed by atoms with E-state index in [1.807, 2.05) is 32.3 Å². The molecule has 1 aromatic heterocycles. The van der Waals surface area contributed by atoms with E-state index in [9.17, 15) is 4.79 Å². The standard InChI is InChI=1S/C17H28N4O2/c1-12(7-18-4)17(22)20-9-15-5-6-16(19-8-15)21-10-13(2)23-14(3)11-21/h5-6,8,12-14,18H,7,9-11H2,1-4H3,(H,20,22). The van der Waals surface area contributed by atoms with E-state index < -0.39 is 0 Å². The predicted octanol–water partition coefficient (Wildman–Crippen LogP) is 1.17. The van der Waals surface area contributed by atoms with Crippen molar-refractivity contribution < 1.29 is 9.53 Å². The van der Waals surface area contributed by atoms with Crippen LogP contribution in [0.25, 0.3) is 0 Å². The maximum Gasteiger partial charge on any atom is 0.224 e. The largest absolute Gasteiger partial charge is 0.372 e. The molecule has 0 aromatic carbocycles. The molecule has 0 aliphatic carbocycles. The Hall–Kier alpha value is -1.66. The van der Waals surface area contributed by atoms with Crippen molar-refractivity contribution >= 4 is 11.7 Å². The fourth-order valence-corrected chi connectivity index (χ4v) is 2.84. The minimum Gasteiger partial charge on any atom is -0.372 e. The summed E-state index contributed by atoms with van der Waals surface area (Å²) in [5.41, 5.74) is 1.01. The van der Waals surface area contributed by atoms with Gasteiger partial charge in [-0.05, 0) is 32.5 Å². The van der Waals surface area contributed by atoms with E-state index in [4.69, 9.17) is 4.74 Å². The molecule has 1 aliphatic heterocycles. The first kappa shape index (κ1) is 17.7. The van der Waals surface area contributed by atoms with Gasteiger partial charge in [0, 0.05) is 38.3 Å². The van der Waals surface area contributed by atoms with Crippen molar-refractivity contribution in [1.29, 1.82) is 0 Å². The highest BCUT2D eigenvalue weighted by atomic mass is 16.5. The number of aromatic nitrogens is 1. The molecule has 2 rings (SSSR count). The van der Waals surface area contributed by atoms with Gasteiger partial charge in [-0.1, -0.05) is 13.0 Å². The van der Waals surface area contributed by atoms with E-state index in [1.165, 1.54) is 0 Å². The van der Waals surface area contributed by atoms with Crippen LogP contribution in [0, 0.1) is 5.92 Å². The van der Waals surface area contributed by atoms with Crippen LogP contribution in [0.3, 0.4) is 0 Å². The summed E-state index contributed by atoms with van der Waals surface area (Å²) in [6.07, 6.45) is 2.27. The van der Waals surface area contributed by atoms with Crippen LogP contribution in [0.1, 0.15) is 26.3 Å². The first-order valence-corrected chi connectivity index (χ1v) is 8.27. The van der Waals surface area contributed by atoms with Crippen molar-refractivity contribution in [3.05, 3.63) is 23.9 Å². The Bertz CT molecular complexity index is 496. The molecule has 1 saturated heterocycles. The normalized spacial score (nSPS) is 22.7. The van der Waals surface area contributed by atoms with Crippen molar-refractivity contribution in [3.63, 3.8) is 0 Å². The highest BCUT2D eigenvalue weighted by Crippen LogP contribution is 2.18. The molecule has 23 heavy (non-hydrogen) atoms. The summed E-state index contributed by atoms with van der Waals surface area (Å²) in [6, 6.07) is 4.04. The predicted molar refractivity (Wildman–Crippen MR) is 91.4 cm³/mol. The van der Waals surface area contributed by atoms with E-state index in [-0.39, 0.29) is 24.0 Å². The summed E-state index contributed by atoms with van der Waals surface area (Å²) in [5.74, 6) is 0.980. The molecule has 0 saturated carbocycles. The fraction of sp³-hybridized carbons (Fsp3) is 0.647. The summed E-state index contributed by atoms with van der Waals surface area (Å²) in [4.78, 5) is 18.7. The molecule has 6 heteroatoms. The van der Waals surface area contributed by atoms with Crippen LogP contribution in [-0.2, 0) is 16.1 Å². The molecular formula is C17H28N4O2. The van der Waals surface area contributed by atoms with E-state index in [0.29, 0.717) is 13.1 Å². The van der Waals surface area contributed by atoms with Crippen molar-refractivity contribution in [2.24, 2.45) is 5.92 Å². The zero-order valence-corrected chi connectivity index (χ0v) is 14.5.